The molecule has 3 aliphatic rings. The molecule has 0 amide bonds. The topological polar surface area (TPSA) is 52.5 Å². The molecule has 5 nitrogen and oxygen atoms in total. The summed E-state index contributed by atoms with van der Waals surface area (Å²) in [4.78, 5) is 13.7. The first-order valence-corrected chi connectivity index (χ1v) is 12.8. The van der Waals surface area contributed by atoms with Crippen molar-refractivity contribution in [2.45, 2.75) is 39.3 Å². The molecule has 2 aromatic carbocycles. The molecule has 1 spiro atoms. The molecule has 2 saturated carbocycles. The summed E-state index contributed by atoms with van der Waals surface area (Å²) in [6, 6.07) is 14.3. The first-order valence-electron chi connectivity index (χ1n) is 12.8. The van der Waals surface area contributed by atoms with Gasteiger partial charge in [-0.2, -0.15) is 0 Å². The Labute approximate surface area is 206 Å². The summed E-state index contributed by atoms with van der Waals surface area (Å²) in [5, 5.41) is 4.62. The summed E-state index contributed by atoms with van der Waals surface area (Å²) in [7, 11) is 3.27. The van der Waals surface area contributed by atoms with Crippen LogP contribution in [0.3, 0.4) is 0 Å². The van der Waals surface area contributed by atoms with Crippen molar-refractivity contribution in [1.29, 1.82) is 0 Å². The molecule has 0 radical (unpaired) electrons. The molecule has 0 unspecified atom stereocenters. The highest BCUT2D eigenvalue weighted by Crippen LogP contribution is 2.69. The van der Waals surface area contributed by atoms with Crippen molar-refractivity contribution in [2.24, 2.45) is 23.2 Å². The first-order chi connectivity index (χ1) is 17.0. The van der Waals surface area contributed by atoms with Gasteiger partial charge in [0.05, 0.1) is 26.3 Å². The molecule has 0 aliphatic heterocycles. The lowest BCUT2D eigenvalue weighted by Gasteiger charge is -2.21. The van der Waals surface area contributed by atoms with Crippen molar-refractivity contribution in [3.05, 3.63) is 81.7 Å². The molecule has 1 heterocycles. The highest BCUT2D eigenvalue weighted by Gasteiger charge is 2.62. The van der Waals surface area contributed by atoms with Crippen LogP contribution < -0.4 is 20.3 Å². The second-order valence-corrected chi connectivity index (χ2v) is 10.7. The number of nitrogens with one attached hydrogen (secondary N) is 1. The molecule has 3 aromatic rings. The Morgan fingerprint density at radius 2 is 1.77 bits per heavy atom. The number of hydrogen-bond donors (Lipinski definition) is 1. The molecule has 35 heavy (non-hydrogen) atoms. The quantitative estimate of drug-likeness (QED) is 0.467. The molecule has 2 fully saturated rings. The van der Waals surface area contributed by atoms with Gasteiger partial charge < -0.3 is 19.4 Å². The SMILES string of the molecule is COc1cc2cc(CNC[C@H]3C[C@H]4C=C[C@H]3C43CC3)c(=O)n(Cc3ccc(C)cc3)c2cc1OC. The van der Waals surface area contributed by atoms with Crippen LogP contribution in [0.5, 0.6) is 11.5 Å². The van der Waals surface area contributed by atoms with E-state index in [1.54, 1.807) is 14.2 Å². The normalized spacial score (nSPS) is 23.3. The fourth-order valence-corrected chi connectivity index (χ4v) is 6.67. The smallest absolute Gasteiger partial charge is 0.255 e. The highest BCUT2D eigenvalue weighted by atomic mass is 16.5. The molecule has 5 heteroatoms. The minimum atomic E-state index is 0.0456. The van der Waals surface area contributed by atoms with E-state index in [9.17, 15) is 4.79 Å². The second-order valence-electron chi connectivity index (χ2n) is 10.7. The number of aromatic nitrogens is 1. The lowest BCUT2D eigenvalue weighted by Crippen LogP contribution is -2.31. The number of rotatable bonds is 8. The average molecular weight is 471 g/mol. The number of allylic oxidation sites excluding steroid dienone is 2. The van der Waals surface area contributed by atoms with E-state index in [0.29, 0.717) is 35.9 Å². The third-order valence-electron chi connectivity index (χ3n) is 8.70. The number of aryl methyl sites for hydroxylation is 1. The minimum Gasteiger partial charge on any atom is -0.493 e. The summed E-state index contributed by atoms with van der Waals surface area (Å²) in [6.45, 7) is 4.13. The van der Waals surface area contributed by atoms with Gasteiger partial charge in [-0.05, 0) is 73.6 Å². The summed E-state index contributed by atoms with van der Waals surface area (Å²) in [5.74, 6) is 3.50. The van der Waals surface area contributed by atoms with Gasteiger partial charge >= 0.3 is 0 Å². The number of fused-ring (bicyclic) bond motifs is 1. The Hall–Kier alpha value is -3.05. The Morgan fingerprint density at radius 1 is 1.03 bits per heavy atom. The van der Waals surface area contributed by atoms with Crippen molar-refractivity contribution in [2.75, 3.05) is 20.8 Å². The Morgan fingerprint density at radius 3 is 2.46 bits per heavy atom. The monoisotopic (exact) mass is 470 g/mol. The summed E-state index contributed by atoms with van der Waals surface area (Å²) in [6.07, 6.45) is 9.01. The maximum atomic E-state index is 13.7. The molecule has 0 saturated heterocycles. The summed E-state index contributed by atoms with van der Waals surface area (Å²) in [5.41, 5.74) is 4.60. The molecular formula is C30H34N2O3. The molecule has 3 atom stereocenters. The van der Waals surface area contributed by atoms with Gasteiger partial charge in [-0.25, -0.2) is 0 Å². The third kappa shape index (κ3) is 3.77. The zero-order valence-electron chi connectivity index (χ0n) is 20.8. The van der Waals surface area contributed by atoms with E-state index in [1.807, 2.05) is 22.8 Å². The van der Waals surface area contributed by atoms with Crippen LogP contribution in [0.4, 0.5) is 0 Å². The predicted molar refractivity (Wildman–Crippen MR) is 139 cm³/mol. The number of pyridine rings is 1. The zero-order valence-corrected chi connectivity index (χ0v) is 20.8. The van der Waals surface area contributed by atoms with E-state index >= 15 is 0 Å². The average Bonchev–Trinajstić information content (AvgIpc) is 3.54. The maximum Gasteiger partial charge on any atom is 0.255 e. The van der Waals surface area contributed by atoms with Crippen LogP contribution in [0, 0.1) is 30.1 Å². The van der Waals surface area contributed by atoms with Crippen LogP contribution >= 0.6 is 0 Å². The van der Waals surface area contributed by atoms with Gasteiger partial charge in [0.15, 0.2) is 11.5 Å². The number of hydrogen-bond acceptors (Lipinski definition) is 4. The van der Waals surface area contributed by atoms with Crippen molar-refractivity contribution in [1.82, 2.24) is 9.88 Å². The summed E-state index contributed by atoms with van der Waals surface area (Å²) < 4.78 is 13.0. The Kier molecular flexibility index (Phi) is 5.48. The van der Waals surface area contributed by atoms with Gasteiger partial charge in [0.1, 0.15) is 0 Å². The van der Waals surface area contributed by atoms with Crippen molar-refractivity contribution >= 4 is 10.9 Å². The highest BCUT2D eigenvalue weighted by molar-refractivity contribution is 5.84. The van der Waals surface area contributed by atoms with Crippen LogP contribution in [0.2, 0.25) is 0 Å². The number of ether oxygens (including phenoxy) is 2. The van der Waals surface area contributed by atoms with Crippen LogP contribution in [-0.4, -0.2) is 25.3 Å². The first kappa shape index (κ1) is 22.4. The van der Waals surface area contributed by atoms with E-state index in [2.05, 4.69) is 48.7 Å². The summed E-state index contributed by atoms with van der Waals surface area (Å²) >= 11 is 0. The van der Waals surface area contributed by atoms with E-state index in [0.717, 1.165) is 40.4 Å². The van der Waals surface area contributed by atoms with Crippen molar-refractivity contribution < 1.29 is 9.47 Å². The van der Waals surface area contributed by atoms with Gasteiger partial charge in [0, 0.05) is 23.6 Å². The molecule has 182 valence electrons. The third-order valence-corrected chi connectivity index (χ3v) is 8.70. The Bertz CT molecular complexity index is 1350. The second kappa shape index (κ2) is 8.56. The fourth-order valence-electron chi connectivity index (χ4n) is 6.67. The molecular weight excluding hydrogens is 436 g/mol. The van der Waals surface area contributed by atoms with Gasteiger partial charge in [-0.3, -0.25) is 4.79 Å². The van der Waals surface area contributed by atoms with Gasteiger partial charge in [-0.15, -0.1) is 0 Å². The van der Waals surface area contributed by atoms with Crippen molar-refractivity contribution in [3.8, 4) is 11.5 Å². The molecule has 3 aliphatic carbocycles. The molecule has 1 N–H and O–H groups in total. The lowest BCUT2D eigenvalue weighted by molar-refractivity contribution is 0.350. The molecule has 6 rings (SSSR count). The van der Waals surface area contributed by atoms with Gasteiger partial charge in [0.25, 0.3) is 5.56 Å². The fraction of sp³-hybridized carbons (Fsp3) is 0.433. The van der Waals surface area contributed by atoms with Gasteiger partial charge in [0.2, 0.25) is 0 Å². The molecule has 1 aromatic heterocycles. The zero-order chi connectivity index (χ0) is 24.2. The van der Waals surface area contributed by atoms with E-state index in [-0.39, 0.29) is 5.56 Å². The Balaban J connectivity index is 1.31. The predicted octanol–water partition coefficient (Wildman–Crippen LogP) is 5.07. The van der Waals surface area contributed by atoms with Crippen LogP contribution in [0.1, 0.15) is 36.0 Å². The lowest BCUT2D eigenvalue weighted by atomic mass is 9.89. The van der Waals surface area contributed by atoms with Gasteiger partial charge in [-0.1, -0.05) is 42.0 Å². The van der Waals surface area contributed by atoms with Crippen molar-refractivity contribution in [3.63, 3.8) is 0 Å². The molecule has 2 bridgehead atoms. The number of nitrogens with zero attached hydrogens (tertiary/aromatic N) is 1. The standard InChI is InChI=1S/C30H34N2O3/c1-19-4-6-20(7-5-19)18-32-26-15-28(35-3)27(34-2)14-21(26)12-23(29(32)33)17-31-16-22-13-24-8-9-25(22)30(24)10-11-30/h4-9,12,14-15,22,24-25,31H,10-11,13,16-18H2,1-3H3/t22-,24-,25-/m1/s1. The van der Waals surface area contributed by atoms with E-state index in [1.165, 1.54) is 24.8 Å². The largest absolute Gasteiger partial charge is 0.493 e. The number of benzene rings is 2. The van der Waals surface area contributed by atoms with Crippen LogP contribution in [0.25, 0.3) is 10.9 Å². The van der Waals surface area contributed by atoms with E-state index in [4.69, 9.17) is 9.47 Å². The van der Waals surface area contributed by atoms with Crippen LogP contribution in [-0.2, 0) is 13.1 Å². The number of methoxy groups -OCH3 is 2. The minimum absolute atomic E-state index is 0.0456. The van der Waals surface area contributed by atoms with E-state index < -0.39 is 0 Å². The van der Waals surface area contributed by atoms with Crippen LogP contribution in [0.15, 0.2) is 59.4 Å². The maximum absolute atomic E-state index is 13.7.